The molecule has 0 saturated carbocycles. The number of aromatic hydroxyl groups is 1. The third-order valence-electron chi connectivity index (χ3n) is 4.35. The third kappa shape index (κ3) is 5.78. The lowest BCUT2D eigenvalue weighted by atomic mass is 10.1. The lowest BCUT2D eigenvalue weighted by Gasteiger charge is -2.13. The summed E-state index contributed by atoms with van der Waals surface area (Å²) >= 11 is 6.35. The lowest BCUT2D eigenvalue weighted by Crippen LogP contribution is -2.13. The quantitative estimate of drug-likeness (QED) is 0.287. The fourth-order valence-electron chi connectivity index (χ4n) is 2.76. The molecule has 3 aromatic rings. The molecule has 0 unspecified atom stereocenters. The van der Waals surface area contributed by atoms with Crippen LogP contribution in [-0.2, 0) is 11.4 Å². The lowest BCUT2D eigenvalue weighted by molar-refractivity contribution is -0.112. The van der Waals surface area contributed by atoms with Crippen molar-refractivity contribution >= 4 is 29.3 Å². The first kappa shape index (κ1) is 22.7. The molecule has 0 saturated heterocycles. The first-order valence-corrected chi connectivity index (χ1v) is 9.74. The summed E-state index contributed by atoms with van der Waals surface area (Å²) in [6, 6.07) is 16.7. The molecule has 162 valence electrons. The van der Waals surface area contributed by atoms with Crippen LogP contribution in [0.2, 0.25) is 5.02 Å². The van der Waals surface area contributed by atoms with E-state index in [1.807, 2.05) is 6.07 Å². The maximum Gasteiger partial charge on any atom is 0.266 e. The first-order chi connectivity index (χ1) is 15.4. The van der Waals surface area contributed by atoms with Crippen molar-refractivity contribution in [1.29, 1.82) is 5.26 Å². The van der Waals surface area contributed by atoms with E-state index in [2.05, 4.69) is 5.32 Å². The number of carbonyl (C=O) groups is 1. The molecule has 3 aromatic carbocycles. The van der Waals surface area contributed by atoms with Crippen LogP contribution in [0.3, 0.4) is 0 Å². The summed E-state index contributed by atoms with van der Waals surface area (Å²) in [4.78, 5) is 12.4. The van der Waals surface area contributed by atoms with Gasteiger partial charge in [0.1, 0.15) is 29.8 Å². The Bertz CT molecular complexity index is 1190. The Morgan fingerprint density at radius 3 is 2.50 bits per heavy atom. The molecule has 0 heterocycles. The van der Waals surface area contributed by atoms with E-state index in [0.717, 1.165) is 5.56 Å². The Hall–Kier alpha value is -4.02. The zero-order valence-electron chi connectivity index (χ0n) is 16.9. The van der Waals surface area contributed by atoms with Crippen LogP contribution in [0, 0.1) is 17.1 Å². The molecule has 0 aliphatic carbocycles. The van der Waals surface area contributed by atoms with Gasteiger partial charge in [0, 0.05) is 5.69 Å². The van der Waals surface area contributed by atoms with E-state index in [1.165, 1.54) is 55.7 Å². The highest BCUT2D eigenvalue weighted by atomic mass is 35.5. The van der Waals surface area contributed by atoms with E-state index in [1.54, 1.807) is 18.2 Å². The van der Waals surface area contributed by atoms with Gasteiger partial charge in [0.25, 0.3) is 5.91 Å². The number of halogens is 2. The van der Waals surface area contributed by atoms with Gasteiger partial charge >= 0.3 is 0 Å². The van der Waals surface area contributed by atoms with Gasteiger partial charge in [-0.05, 0) is 65.7 Å². The van der Waals surface area contributed by atoms with Crippen molar-refractivity contribution in [2.75, 3.05) is 12.4 Å². The molecule has 0 bridgehead atoms. The molecule has 2 N–H and O–H groups in total. The van der Waals surface area contributed by atoms with Gasteiger partial charge in [0.2, 0.25) is 0 Å². The second-order valence-electron chi connectivity index (χ2n) is 6.62. The number of nitriles is 1. The van der Waals surface area contributed by atoms with E-state index < -0.39 is 5.91 Å². The van der Waals surface area contributed by atoms with Crippen molar-refractivity contribution in [2.24, 2.45) is 0 Å². The molecule has 0 fully saturated rings. The average molecular weight is 453 g/mol. The molecule has 0 aromatic heterocycles. The van der Waals surface area contributed by atoms with Gasteiger partial charge in [-0.1, -0.05) is 23.7 Å². The number of carbonyl (C=O) groups excluding carboxylic acids is 1. The number of nitrogens with zero attached hydrogens (tertiary/aromatic N) is 1. The van der Waals surface area contributed by atoms with E-state index >= 15 is 0 Å². The van der Waals surface area contributed by atoms with Crippen LogP contribution in [0.4, 0.5) is 10.1 Å². The van der Waals surface area contributed by atoms with Crippen LogP contribution < -0.4 is 14.8 Å². The van der Waals surface area contributed by atoms with Crippen molar-refractivity contribution in [3.05, 3.63) is 88.2 Å². The number of nitrogens with one attached hydrogen (secondary N) is 1. The molecular formula is C24H18ClFN2O4. The van der Waals surface area contributed by atoms with Crippen LogP contribution in [0.1, 0.15) is 11.1 Å². The van der Waals surface area contributed by atoms with Gasteiger partial charge in [0.15, 0.2) is 11.5 Å². The van der Waals surface area contributed by atoms with E-state index in [9.17, 15) is 19.6 Å². The molecule has 0 spiro atoms. The topological polar surface area (TPSA) is 91.6 Å². The molecule has 3 rings (SSSR count). The van der Waals surface area contributed by atoms with Crippen LogP contribution in [0.5, 0.6) is 17.2 Å². The Kier molecular flexibility index (Phi) is 7.32. The first-order valence-electron chi connectivity index (χ1n) is 9.36. The number of hydrogen-bond acceptors (Lipinski definition) is 5. The number of anilines is 1. The Morgan fingerprint density at radius 1 is 1.19 bits per heavy atom. The van der Waals surface area contributed by atoms with Crippen molar-refractivity contribution < 1.29 is 23.8 Å². The zero-order valence-corrected chi connectivity index (χ0v) is 17.7. The van der Waals surface area contributed by atoms with E-state index in [0.29, 0.717) is 17.0 Å². The molecular weight excluding hydrogens is 435 g/mol. The maximum atomic E-state index is 13.1. The highest BCUT2D eigenvalue weighted by Crippen LogP contribution is 2.37. The second kappa shape index (κ2) is 10.3. The number of amides is 1. The third-order valence-corrected chi connectivity index (χ3v) is 4.63. The highest BCUT2D eigenvalue weighted by Gasteiger charge is 2.15. The van der Waals surface area contributed by atoms with Crippen molar-refractivity contribution in [3.8, 4) is 23.3 Å². The molecule has 0 atom stereocenters. The molecule has 0 aliphatic heterocycles. The highest BCUT2D eigenvalue weighted by molar-refractivity contribution is 6.32. The summed E-state index contributed by atoms with van der Waals surface area (Å²) in [5.74, 6) is -0.319. The van der Waals surface area contributed by atoms with Gasteiger partial charge in [-0.2, -0.15) is 5.26 Å². The predicted octanol–water partition coefficient (Wildman–Crippen LogP) is 5.32. The smallest absolute Gasteiger partial charge is 0.266 e. The minimum absolute atomic E-state index is 0.0579. The largest absolute Gasteiger partial charge is 0.508 e. The van der Waals surface area contributed by atoms with Crippen LogP contribution in [0.15, 0.2) is 66.2 Å². The number of rotatable bonds is 7. The normalized spacial score (nSPS) is 10.9. The summed E-state index contributed by atoms with van der Waals surface area (Å²) in [5.41, 5.74) is 1.47. The monoisotopic (exact) mass is 452 g/mol. The van der Waals surface area contributed by atoms with Crippen LogP contribution in [0.25, 0.3) is 6.08 Å². The van der Waals surface area contributed by atoms with Gasteiger partial charge in [0.05, 0.1) is 12.1 Å². The number of ether oxygens (including phenoxy) is 2. The second-order valence-corrected chi connectivity index (χ2v) is 7.03. The van der Waals surface area contributed by atoms with Crippen molar-refractivity contribution in [3.63, 3.8) is 0 Å². The Morgan fingerprint density at radius 2 is 1.88 bits per heavy atom. The average Bonchev–Trinajstić information content (AvgIpc) is 2.79. The summed E-state index contributed by atoms with van der Waals surface area (Å²) in [6.07, 6.45) is 1.37. The molecule has 8 heteroatoms. The number of phenols is 1. The van der Waals surface area contributed by atoms with E-state index in [4.69, 9.17) is 21.1 Å². The summed E-state index contributed by atoms with van der Waals surface area (Å²) in [6.45, 7) is 0.143. The molecule has 1 amide bonds. The van der Waals surface area contributed by atoms with Gasteiger partial charge in [-0.15, -0.1) is 0 Å². The summed E-state index contributed by atoms with van der Waals surface area (Å²) < 4.78 is 24.2. The fourth-order valence-corrected chi connectivity index (χ4v) is 3.03. The number of methoxy groups -OCH3 is 1. The zero-order chi connectivity index (χ0) is 23.1. The SMILES string of the molecule is COc1cc(/C=C(\C#N)C(=O)Nc2ccc(O)cc2)cc(Cl)c1OCc1ccc(F)cc1. The summed E-state index contributed by atoms with van der Waals surface area (Å²) in [5, 5.41) is 21.5. The van der Waals surface area contributed by atoms with Crippen LogP contribution in [-0.4, -0.2) is 18.1 Å². The predicted molar refractivity (Wildman–Crippen MR) is 119 cm³/mol. The van der Waals surface area contributed by atoms with Gasteiger partial charge in [-0.25, -0.2) is 4.39 Å². The van der Waals surface area contributed by atoms with Gasteiger partial charge < -0.3 is 19.9 Å². The molecule has 32 heavy (non-hydrogen) atoms. The van der Waals surface area contributed by atoms with Gasteiger partial charge in [-0.3, -0.25) is 4.79 Å². The van der Waals surface area contributed by atoms with Crippen molar-refractivity contribution in [2.45, 2.75) is 6.61 Å². The molecule has 0 aliphatic rings. The maximum absolute atomic E-state index is 13.1. The fraction of sp³-hybridized carbons (Fsp3) is 0.0833. The number of benzene rings is 3. The number of phenolic OH excluding ortho intramolecular Hbond substituents is 1. The number of hydrogen-bond donors (Lipinski definition) is 2. The van der Waals surface area contributed by atoms with E-state index in [-0.39, 0.29) is 34.5 Å². The minimum Gasteiger partial charge on any atom is -0.508 e. The Labute approximate surface area is 189 Å². The minimum atomic E-state index is -0.620. The molecule has 6 nitrogen and oxygen atoms in total. The Balaban J connectivity index is 1.80. The van der Waals surface area contributed by atoms with Crippen molar-refractivity contribution in [1.82, 2.24) is 0 Å². The van der Waals surface area contributed by atoms with Crippen LogP contribution >= 0.6 is 11.6 Å². The summed E-state index contributed by atoms with van der Waals surface area (Å²) in [7, 11) is 1.44. The molecule has 0 radical (unpaired) electrons. The standard InChI is InChI=1S/C24H18ClFN2O4/c1-31-22-12-16(10-17(13-27)24(30)28-19-6-8-20(29)9-7-19)11-21(25)23(22)32-14-15-2-4-18(26)5-3-15/h2-12,29H,14H2,1H3,(H,28,30)/b17-10+.